The average Bonchev–Trinajstić information content (AvgIpc) is 2.55. The smallest absolute Gasteiger partial charge is 0.161 e. The van der Waals surface area contributed by atoms with Crippen LogP contribution in [0.3, 0.4) is 0 Å². The zero-order chi connectivity index (χ0) is 15.9. The summed E-state index contributed by atoms with van der Waals surface area (Å²) in [5.41, 5.74) is 2.88. The lowest BCUT2D eigenvalue weighted by atomic mass is 10.1. The van der Waals surface area contributed by atoms with Gasteiger partial charge >= 0.3 is 0 Å². The van der Waals surface area contributed by atoms with E-state index in [-0.39, 0.29) is 0 Å². The van der Waals surface area contributed by atoms with Gasteiger partial charge in [-0.1, -0.05) is 12.1 Å². The highest BCUT2D eigenvalue weighted by atomic mass is 16.5. The van der Waals surface area contributed by atoms with Crippen molar-refractivity contribution in [2.45, 2.75) is 13.8 Å². The molecule has 2 aromatic rings. The molecule has 0 saturated carbocycles. The summed E-state index contributed by atoms with van der Waals surface area (Å²) < 4.78 is 16.6. The first-order valence-corrected chi connectivity index (χ1v) is 7.10. The van der Waals surface area contributed by atoms with Gasteiger partial charge < -0.3 is 14.2 Å². The summed E-state index contributed by atoms with van der Waals surface area (Å²) in [5.74, 6) is 2.00. The number of hydrogen-bond acceptors (Lipinski definition) is 4. The molecule has 0 heterocycles. The van der Waals surface area contributed by atoms with E-state index in [1.54, 1.807) is 25.3 Å². The van der Waals surface area contributed by atoms with Crippen LogP contribution >= 0.6 is 0 Å². The van der Waals surface area contributed by atoms with Crippen LogP contribution in [-0.4, -0.2) is 26.6 Å². The van der Waals surface area contributed by atoms with E-state index in [0.29, 0.717) is 30.3 Å². The van der Waals surface area contributed by atoms with E-state index in [4.69, 9.17) is 14.2 Å². The van der Waals surface area contributed by atoms with Gasteiger partial charge in [0.05, 0.1) is 7.11 Å². The quantitative estimate of drug-likeness (QED) is 0.579. The topological polar surface area (TPSA) is 44.8 Å². The van der Waals surface area contributed by atoms with Gasteiger partial charge in [0, 0.05) is 5.56 Å². The maximum Gasteiger partial charge on any atom is 0.161 e. The molecule has 0 bridgehead atoms. The molecule has 0 atom stereocenters. The molecule has 0 spiro atoms. The second-order valence-corrected chi connectivity index (χ2v) is 4.92. The van der Waals surface area contributed by atoms with Crippen LogP contribution in [0.25, 0.3) is 0 Å². The van der Waals surface area contributed by atoms with Crippen LogP contribution in [0.5, 0.6) is 17.2 Å². The normalized spacial score (nSPS) is 10.1. The molecule has 0 aromatic heterocycles. The summed E-state index contributed by atoms with van der Waals surface area (Å²) in [6.45, 7) is 4.91. The van der Waals surface area contributed by atoms with Crippen LogP contribution in [0.15, 0.2) is 36.4 Å². The Labute approximate surface area is 130 Å². The Hall–Kier alpha value is -2.49. The minimum atomic E-state index is 0.393. The lowest BCUT2D eigenvalue weighted by molar-refractivity contribution is 0.112. The van der Waals surface area contributed by atoms with Crippen molar-refractivity contribution >= 4 is 6.29 Å². The lowest BCUT2D eigenvalue weighted by Gasteiger charge is -2.13. The molecule has 0 aliphatic heterocycles. The first kappa shape index (κ1) is 15.9. The van der Waals surface area contributed by atoms with Crippen molar-refractivity contribution in [3.8, 4) is 17.2 Å². The molecule has 116 valence electrons. The highest BCUT2D eigenvalue weighted by Crippen LogP contribution is 2.27. The third kappa shape index (κ3) is 3.79. The van der Waals surface area contributed by atoms with Crippen LogP contribution < -0.4 is 14.2 Å². The Bertz CT molecular complexity index is 650. The molecule has 0 unspecified atom stereocenters. The van der Waals surface area contributed by atoms with Gasteiger partial charge in [-0.05, 0) is 49.2 Å². The van der Waals surface area contributed by atoms with Gasteiger partial charge in [-0.3, -0.25) is 4.79 Å². The molecule has 0 aliphatic carbocycles. The molecule has 0 saturated heterocycles. The van der Waals surface area contributed by atoms with Crippen molar-refractivity contribution in [1.82, 2.24) is 0 Å². The van der Waals surface area contributed by atoms with Crippen molar-refractivity contribution in [3.05, 3.63) is 53.1 Å². The number of aryl methyl sites for hydroxylation is 1. The van der Waals surface area contributed by atoms with Gasteiger partial charge in [0.1, 0.15) is 25.2 Å². The Balaban J connectivity index is 1.91. The number of hydrogen-bond donors (Lipinski definition) is 0. The fourth-order valence-electron chi connectivity index (χ4n) is 2.06. The molecule has 2 aromatic carbocycles. The third-order valence-corrected chi connectivity index (χ3v) is 3.48. The van der Waals surface area contributed by atoms with Crippen molar-refractivity contribution < 1.29 is 19.0 Å². The first-order chi connectivity index (χ1) is 10.7. The number of benzene rings is 2. The molecule has 4 nitrogen and oxygen atoms in total. The van der Waals surface area contributed by atoms with Gasteiger partial charge in [0.15, 0.2) is 11.5 Å². The second-order valence-electron chi connectivity index (χ2n) is 4.92. The molecule has 0 fully saturated rings. The highest BCUT2D eigenvalue weighted by Gasteiger charge is 2.06. The van der Waals surface area contributed by atoms with Gasteiger partial charge in [-0.2, -0.15) is 0 Å². The summed E-state index contributed by atoms with van der Waals surface area (Å²) >= 11 is 0. The fourth-order valence-corrected chi connectivity index (χ4v) is 2.06. The summed E-state index contributed by atoms with van der Waals surface area (Å²) in [7, 11) is 1.55. The molecule has 2 rings (SSSR count). The maximum absolute atomic E-state index is 10.7. The number of ether oxygens (including phenoxy) is 3. The number of carbonyl (C=O) groups is 1. The van der Waals surface area contributed by atoms with E-state index >= 15 is 0 Å². The molecule has 22 heavy (non-hydrogen) atoms. The standard InChI is InChI=1S/C18H20O4/c1-13-5-4-6-16(14(13)2)21-9-10-22-17-8-7-15(12-19)11-18(17)20-3/h4-8,11-12H,9-10H2,1-3H3. The molecule has 0 aliphatic rings. The molecular weight excluding hydrogens is 280 g/mol. The largest absolute Gasteiger partial charge is 0.493 e. The summed E-state index contributed by atoms with van der Waals surface area (Å²) in [5, 5.41) is 0. The number of carbonyl (C=O) groups excluding carboxylic acids is 1. The van der Waals surface area contributed by atoms with E-state index in [0.717, 1.165) is 17.6 Å². The third-order valence-electron chi connectivity index (χ3n) is 3.48. The van der Waals surface area contributed by atoms with E-state index in [1.807, 2.05) is 19.1 Å². The summed E-state index contributed by atoms with van der Waals surface area (Å²) in [6.07, 6.45) is 0.774. The number of methoxy groups -OCH3 is 1. The van der Waals surface area contributed by atoms with Crippen LogP contribution in [0.2, 0.25) is 0 Å². The van der Waals surface area contributed by atoms with Crippen LogP contribution in [-0.2, 0) is 0 Å². The van der Waals surface area contributed by atoms with E-state index < -0.39 is 0 Å². The van der Waals surface area contributed by atoms with Gasteiger partial charge in [-0.15, -0.1) is 0 Å². The second kappa shape index (κ2) is 7.50. The minimum absolute atomic E-state index is 0.393. The van der Waals surface area contributed by atoms with Crippen molar-refractivity contribution in [2.24, 2.45) is 0 Å². The van der Waals surface area contributed by atoms with E-state index in [9.17, 15) is 4.79 Å². The van der Waals surface area contributed by atoms with Crippen LogP contribution in [0.4, 0.5) is 0 Å². The maximum atomic E-state index is 10.7. The first-order valence-electron chi connectivity index (χ1n) is 7.10. The fraction of sp³-hybridized carbons (Fsp3) is 0.278. The molecule has 0 radical (unpaired) electrons. The lowest BCUT2D eigenvalue weighted by Crippen LogP contribution is -2.10. The minimum Gasteiger partial charge on any atom is -0.493 e. The SMILES string of the molecule is COc1cc(C=O)ccc1OCCOc1cccc(C)c1C. The van der Waals surface area contributed by atoms with Gasteiger partial charge in [0.2, 0.25) is 0 Å². The van der Waals surface area contributed by atoms with Crippen LogP contribution in [0, 0.1) is 13.8 Å². The average molecular weight is 300 g/mol. The summed E-state index contributed by atoms with van der Waals surface area (Å²) in [4.78, 5) is 10.7. The Morgan fingerprint density at radius 2 is 1.68 bits per heavy atom. The van der Waals surface area contributed by atoms with E-state index in [2.05, 4.69) is 13.0 Å². The highest BCUT2D eigenvalue weighted by molar-refractivity contribution is 5.76. The Morgan fingerprint density at radius 3 is 2.36 bits per heavy atom. The Kier molecular flexibility index (Phi) is 5.42. The van der Waals surface area contributed by atoms with Crippen molar-refractivity contribution in [3.63, 3.8) is 0 Å². The van der Waals surface area contributed by atoms with Crippen molar-refractivity contribution in [2.75, 3.05) is 20.3 Å². The molecule has 0 N–H and O–H groups in total. The molecule has 4 heteroatoms. The summed E-state index contributed by atoms with van der Waals surface area (Å²) in [6, 6.07) is 11.0. The van der Waals surface area contributed by atoms with Crippen LogP contribution in [0.1, 0.15) is 21.5 Å². The number of rotatable bonds is 7. The van der Waals surface area contributed by atoms with E-state index in [1.165, 1.54) is 5.56 Å². The number of aldehydes is 1. The predicted molar refractivity (Wildman–Crippen MR) is 85.3 cm³/mol. The molecule has 0 amide bonds. The zero-order valence-corrected chi connectivity index (χ0v) is 13.1. The monoisotopic (exact) mass is 300 g/mol. The zero-order valence-electron chi connectivity index (χ0n) is 13.1. The van der Waals surface area contributed by atoms with Gasteiger partial charge in [0.25, 0.3) is 0 Å². The molecular formula is C18H20O4. The Morgan fingerprint density at radius 1 is 0.955 bits per heavy atom. The predicted octanol–water partition coefficient (Wildman–Crippen LogP) is 3.58. The van der Waals surface area contributed by atoms with Crippen molar-refractivity contribution in [1.29, 1.82) is 0 Å². The van der Waals surface area contributed by atoms with Gasteiger partial charge in [-0.25, -0.2) is 0 Å².